The molecule has 0 aromatic heterocycles. The van der Waals surface area contributed by atoms with E-state index in [9.17, 15) is 4.79 Å². The molecule has 1 unspecified atom stereocenters. The highest BCUT2D eigenvalue weighted by molar-refractivity contribution is 5.92. The van der Waals surface area contributed by atoms with Crippen molar-refractivity contribution < 1.29 is 9.53 Å². The van der Waals surface area contributed by atoms with Crippen LogP contribution in [-0.4, -0.2) is 43.1 Å². The summed E-state index contributed by atoms with van der Waals surface area (Å²) in [6, 6.07) is 6.46. The summed E-state index contributed by atoms with van der Waals surface area (Å²) >= 11 is 0. The molecule has 3 rings (SSSR count). The molecule has 20 heavy (non-hydrogen) atoms. The van der Waals surface area contributed by atoms with Crippen LogP contribution in [0.3, 0.4) is 0 Å². The van der Waals surface area contributed by atoms with E-state index in [1.807, 2.05) is 23.1 Å². The Balaban J connectivity index is 1.66. The van der Waals surface area contributed by atoms with Crippen LogP contribution in [-0.2, 0) is 11.2 Å². The molecule has 1 atom stereocenters. The van der Waals surface area contributed by atoms with E-state index < -0.39 is 0 Å². The summed E-state index contributed by atoms with van der Waals surface area (Å²) in [5.41, 5.74) is 2.29. The highest BCUT2D eigenvalue weighted by Crippen LogP contribution is 2.26. The van der Waals surface area contributed by atoms with Gasteiger partial charge in [0.25, 0.3) is 0 Å². The number of carbonyl (C=O) groups is 1. The SMILES string of the molecule is CC1CN(C(=O)/C=C/c2ccc3c(c2)CCO3)CCN1. The monoisotopic (exact) mass is 272 g/mol. The topological polar surface area (TPSA) is 41.6 Å². The number of benzene rings is 1. The second-order valence-electron chi connectivity index (χ2n) is 5.44. The van der Waals surface area contributed by atoms with Crippen molar-refractivity contribution in [2.75, 3.05) is 26.2 Å². The summed E-state index contributed by atoms with van der Waals surface area (Å²) in [7, 11) is 0. The number of carbonyl (C=O) groups excluding carboxylic acids is 1. The molecule has 1 fully saturated rings. The van der Waals surface area contributed by atoms with Gasteiger partial charge in [0.1, 0.15) is 5.75 Å². The van der Waals surface area contributed by atoms with Crippen molar-refractivity contribution in [3.8, 4) is 5.75 Å². The van der Waals surface area contributed by atoms with Gasteiger partial charge in [-0.25, -0.2) is 0 Å². The van der Waals surface area contributed by atoms with Gasteiger partial charge in [-0.3, -0.25) is 4.79 Å². The van der Waals surface area contributed by atoms with Crippen molar-refractivity contribution in [1.82, 2.24) is 10.2 Å². The van der Waals surface area contributed by atoms with Crippen LogP contribution in [0.15, 0.2) is 24.3 Å². The Morgan fingerprint density at radius 1 is 1.50 bits per heavy atom. The van der Waals surface area contributed by atoms with Gasteiger partial charge in [0.2, 0.25) is 5.91 Å². The van der Waals surface area contributed by atoms with Gasteiger partial charge in [0, 0.05) is 38.2 Å². The van der Waals surface area contributed by atoms with Crippen molar-refractivity contribution in [3.63, 3.8) is 0 Å². The number of piperazine rings is 1. The molecule has 2 aliphatic heterocycles. The summed E-state index contributed by atoms with van der Waals surface area (Å²) in [4.78, 5) is 14.0. The zero-order valence-electron chi connectivity index (χ0n) is 11.8. The lowest BCUT2D eigenvalue weighted by atomic mass is 10.1. The van der Waals surface area contributed by atoms with Crippen molar-refractivity contribution in [1.29, 1.82) is 0 Å². The second-order valence-corrected chi connectivity index (χ2v) is 5.44. The minimum atomic E-state index is 0.0927. The van der Waals surface area contributed by atoms with Gasteiger partial charge in [-0.1, -0.05) is 6.07 Å². The molecule has 106 valence electrons. The van der Waals surface area contributed by atoms with E-state index in [-0.39, 0.29) is 5.91 Å². The van der Waals surface area contributed by atoms with E-state index in [4.69, 9.17) is 4.74 Å². The molecule has 4 heteroatoms. The number of nitrogens with one attached hydrogen (secondary N) is 1. The van der Waals surface area contributed by atoms with Crippen LogP contribution >= 0.6 is 0 Å². The van der Waals surface area contributed by atoms with Crippen LogP contribution in [0.25, 0.3) is 6.08 Å². The van der Waals surface area contributed by atoms with Crippen molar-refractivity contribution in [3.05, 3.63) is 35.4 Å². The highest BCUT2D eigenvalue weighted by Gasteiger charge is 2.18. The van der Waals surface area contributed by atoms with Gasteiger partial charge in [0.15, 0.2) is 0 Å². The number of nitrogens with zero attached hydrogens (tertiary/aromatic N) is 1. The van der Waals surface area contributed by atoms with E-state index in [1.54, 1.807) is 6.08 Å². The number of rotatable bonds is 2. The number of hydrogen-bond acceptors (Lipinski definition) is 3. The van der Waals surface area contributed by atoms with Crippen LogP contribution in [0.1, 0.15) is 18.1 Å². The number of amides is 1. The lowest BCUT2D eigenvalue weighted by molar-refractivity contribution is -0.127. The van der Waals surface area contributed by atoms with Gasteiger partial charge in [0.05, 0.1) is 6.61 Å². The number of ether oxygens (including phenoxy) is 1. The van der Waals surface area contributed by atoms with Crippen LogP contribution in [0, 0.1) is 0 Å². The Bertz CT molecular complexity index is 539. The minimum absolute atomic E-state index is 0.0927. The lowest BCUT2D eigenvalue weighted by Gasteiger charge is -2.31. The summed E-state index contributed by atoms with van der Waals surface area (Å²) in [6.45, 7) is 5.30. The maximum atomic E-state index is 12.1. The fourth-order valence-corrected chi connectivity index (χ4v) is 2.72. The molecule has 4 nitrogen and oxygen atoms in total. The van der Waals surface area contributed by atoms with E-state index in [0.29, 0.717) is 6.04 Å². The third-order valence-electron chi connectivity index (χ3n) is 3.81. The molecule has 1 saturated heterocycles. The van der Waals surface area contributed by atoms with Gasteiger partial charge < -0.3 is 15.0 Å². The van der Waals surface area contributed by atoms with E-state index in [0.717, 1.165) is 44.0 Å². The summed E-state index contributed by atoms with van der Waals surface area (Å²) < 4.78 is 5.48. The Hall–Kier alpha value is -1.81. The van der Waals surface area contributed by atoms with E-state index in [2.05, 4.69) is 18.3 Å². The molecule has 0 spiro atoms. The summed E-state index contributed by atoms with van der Waals surface area (Å²) in [6.07, 6.45) is 4.53. The van der Waals surface area contributed by atoms with Crippen LogP contribution < -0.4 is 10.1 Å². The first-order valence-corrected chi connectivity index (χ1v) is 7.18. The highest BCUT2D eigenvalue weighted by atomic mass is 16.5. The molecule has 0 saturated carbocycles. The minimum Gasteiger partial charge on any atom is -0.493 e. The number of fused-ring (bicyclic) bond motifs is 1. The molecule has 0 bridgehead atoms. The second kappa shape index (κ2) is 5.67. The first-order valence-electron chi connectivity index (χ1n) is 7.18. The van der Waals surface area contributed by atoms with Crippen molar-refractivity contribution >= 4 is 12.0 Å². The predicted molar refractivity (Wildman–Crippen MR) is 78.7 cm³/mol. The summed E-state index contributed by atoms with van der Waals surface area (Å²) in [5.74, 6) is 1.07. The Morgan fingerprint density at radius 2 is 2.40 bits per heavy atom. The van der Waals surface area contributed by atoms with Crippen LogP contribution in [0.4, 0.5) is 0 Å². The molecular formula is C16H20N2O2. The fourth-order valence-electron chi connectivity index (χ4n) is 2.72. The third kappa shape index (κ3) is 2.85. The van der Waals surface area contributed by atoms with Gasteiger partial charge >= 0.3 is 0 Å². The molecule has 1 amide bonds. The first kappa shape index (κ1) is 13.2. The molecule has 1 aromatic rings. The largest absolute Gasteiger partial charge is 0.493 e. The smallest absolute Gasteiger partial charge is 0.246 e. The average molecular weight is 272 g/mol. The Morgan fingerprint density at radius 3 is 3.25 bits per heavy atom. The normalized spacial score (nSPS) is 21.9. The molecular weight excluding hydrogens is 252 g/mol. The van der Waals surface area contributed by atoms with Crippen molar-refractivity contribution in [2.24, 2.45) is 0 Å². The molecule has 1 aromatic carbocycles. The molecule has 2 aliphatic rings. The van der Waals surface area contributed by atoms with Gasteiger partial charge in [-0.2, -0.15) is 0 Å². The number of hydrogen-bond donors (Lipinski definition) is 1. The predicted octanol–water partition coefficient (Wildman–Crippen LogP) is 1.46. The third-order valence-corrected chi connectivity index (χ3v) is 3.81. The standard InChI is InChI=1S/C16H20N2O2/c1-12-11-18(8-7-17-12)16(19)5-3-13-2-4-15-14(10-13)6-9-20-15/h2-5,10,12,17H,6-9,11H2,1H3/b5-3+. The van der Waals surface area contributed by atoms with Crippen LogP contribution in [0.2, 0.25) is 0 Å². The zero-order valence-corrected chi connectivity index (χ0v) is 11.8. The molecule has 0 radical (unpaired) electrons. The molecule has 1 N–H and O–H groups in total. The summed E-state index contributed by atoms with van der Waals surface area (Å²) in [5, 5.41) is 3.34. The van der Waals surface area contributed by atoms with E-state index in [1.165, 1.54) is 5.56 Å². The van der Waals surface area contributed by atoms with Crippen molar-refractivity contribution in [2.45, 2.75) is 19.4 Å². The van der Waals surface area contributed by atoms with E-state index >= 15 is 0 Å². The van der Waals surface area contributed by atoms with Gasteiger partial charge in [-0.05, 0) is 36.3 Å². The quantitative estimate of drug-likeness (QED) is 0.829. The Labute approximate surface area is 119 Å². The first-order chi connectivity index (χ1) is 9.72. The molecule has 0 aliphatic carbocycles. The average Bonchev–Trinajstić information content (AvgIpc) is 2.92. The zero-order chi connectivity index (χ0) is 13.9. The maximum absolute atomic E-state index is 12.1. The lowest BCUT2D eigenvalue weighted by Crippen LogP contribution is -2.50. The Kier molecular flexibility index (Phi) is 3.74. The molecule has 2 heterocycles. The van der Waals surface area contributed by atoms with Gasteiger partial charge in [-0.15, -0.1) is 0 Å². The fraction of sp³-hybridized carbons (Fsp3) is 0.438. The van der Waals surface area contributed by atoms with Crippen LogP contribution in [0.5, 0.6) is 5.75 Å². The maximum Gasteiger partial charge on any atom is 0.246 e.